The van der Waals surface area contributed by atoms with Crippen molar-refractivity contribution < 1.29 is 22.5 Å². The van der Waals surface area contributed by atoms with E-state index in [4.69, 9.17) is 0 Å². The minimum atomic E-state index is -0.400. The van der Waals surface area contributed by atoms with Gasteiger partial charge in [-0.2, -0.15) is 0 Å². The van der Waals surface area contributed by atoms with Crippen LogP contribution in [0, 0.1) is 20.8 Å². The molecule has 0 spiro atoms. The molecule has 3 aromatic rings. The highest BCUT2D eigenvalue weighted by atomic mass is 35.5. The molecule has 0 aliphatic carbocycles. The van der Waals surface area contributed by atoms with Crippen molar-refractivity contribution in [1.82, 2.24) is 4.57 Å². The molecule has 2 N–H and O–H groups in total. The van der Waals surface area contributed by atoms with Crippen molar-refractivity contribution in [2.24, 2.45) is 0 Å². The number of fused-ring (bicyclic) bond motifs is 3. The number of halogens is 1. The van der Waals surface area contributed by atoms with E-state index in [2.05, 4.69) is 72.8 Å². The summed E-state index contributed by atoms with van der Waals surface area (Å²) in [5.41, 5.74) is 8.44. The molecular weight excluding hydrogens is 332 g/mol. The van der Waals surface area contributed by atoms with Gasteiger partial charge in [0.1, 0.15) is 11.8 Å². The van der Waals surface area contributed by atoms with Crippen molar-refractivity contribution in [3.05, 3.63) is 70.4 Å². The zero-order chi connectivity index (χ0) is 16.8. The van der Waals surface area contributed by atoms with Crippen molar-refractivity contribution in [2.45, 2.75) is 33.4 Å². The number of hydrogen-bond donors (Lipinski definition) is 2. The molecular formula is C21H23ClN2O. The lowest BCUT2D eigenvalue weighted by Gasteiger charge is -2.09. The SMILES string of the molecule is Cc1ccc(C2=[NH+]CC(O)Cn3c2c(C)c2cc(C)ccc23)cc1.[Cl-]. The smallest absolute Gasteiger partial charge is 0.229 e. The van der Waals surface area contributed by atoms with Gasteiger partial charge in [-0.1, -0.05) is 29.3 Å². The topological polar surface area (TPSA) is 39.1 Å². The van der Waals surface area contributed by atoms with Gasteiger partial charge in [0.25, 0.3) is 0 Å². The minimum absolute atomic E-state index is 0. The molecule has 2 aromatic carbocycles. The number of nitrogens with one attached hydrogen (secondary N) is 1. The Morgan fingerprint density at radius 3 is 2.40 bits per heavy atom. The fraction of sp³-hybridized carbons (Fsp3) is 0.286. The van der Waals surface area contributed by atoms with Crippen LogP contribution in [0.25, 0.3) is 10.9 Å². The Morgan fingerprint density at radius 2 is 1.68 bits per heavy atom. The van der Waals surface area contributed by atoms with Crippen LogP contribution in [0.4, 0.5) is 0 Å². The number of nitrogens with zero attached hydrogens (tertiary/aromatic N) is 1. The maximum Gasteiger partial charge on any atom is 0.229 e. The van der Waals surface area contributed by atoms with E-state index in [1.807, 2.05) is 0 Å². The summed E-state index contributed by atoms with van der Waals surface area (Å²) < 4.78 is 2.27. The first-order valence-electron chi connectivity index (χ1n) is 8.50. The minimum Gasteiger partial charge on any atom is -1.00 e. The first-order valence-corrected chi connectivity index (χ1v) is 8.50. The van der Waals surface area contributed by atoms with Gasteiger partial charge in [0.2, 0.25) is 5.71 Å². The molecule has 4 rings (SSSR count). The molecule has 0 radical (unpaired) electrons. The Morgan fingerprint density at radius 1 is 1.00 bits per heavy atom. The summed E-state index contributed by atoms with van der Waals surface area (Å²) in [4.78, 5) is 3.49. The molecule has 1 unspecified atom stereocenters. The molecule has 0 amide bonds. The predicted octanol–water partition coefficient (Wildman–Crippen LogP) is -1.14. The quantitative estimate of drug-likeness (QED) is 0.570. The second-order valence-electron chi connectivity index (χ2n) is 6.88. The molecule has 25 heavy (non-hydrogen) atoms. The van der Waals surface area contributed by atoms with Gasteiger partial charge in [-0.15, -0.1) is 0 Å². The average Bonchev–Trinajstić information content (AvgIpc) is 2.71. The molecule has 1 aliphatic heterocycles. The summed E-state index contributed by atoms with van der Waals surface area (Å²) in [6.45, 7) is 7.59. The third kappa shape index (κ3) is 2.99. The Labute approximate surface area is 154 Å². The summed E-state index contributed by atoms with van der Waals surface area (Å²) in [6, 6.07) is 15.1. The summed E-state index contributed by atoms with van der Waals surface area (Å²) >= 11 is 0. The summed E-state index contributed by atoms with van der Waals surface area (Å²) in [5.74, 6) is 0. The molecule has 1 aliphatic rings. The maximum atomic E-state index is 10.4. The Kier molecular flexibility index (Phi) is 4.72. The van der Waals surface area contributed by atoms with Crippen molar-refractivity contribution in [1.29, 1.82) is 0 Å². The summed E-state index contributed by atoms with van der Waals surface area (Å²) in [6.07, 6.45) is -0.400. The maximum absolute atomic E-state index is 10.4. The van der Waals surface area contributed by atoms with E-state index < -0.39 is 6.10 Å². The zero-order valence-corrected chi connectivity index (χ0v) is 15.6. The van der Waals surface area contributed by atoms with Crippen LogP contribution in [-0.2, 0) is 6.54 Å². The van der Waals surface area contributed by atoms with Crippen LogP contribution >= 0.6 is 0 Å². The summed E-state index contributed by atoms with van der Waals surface area (Å²) in [5, 5.41) is 11.6. The van der Waals surface area contributed by atoms with Crippen LogP contribution in [0.5, 0.6) is 0 Å². The number of hydrogen-bond acceptors (Lipinski definition) is 1. The highest BCUT2D eigenvalue weighted by Crippen LogP contribution is 2.28. The largest absolute Gasteiger partial charge is 1.00 e. The van der Waals surface area contributed by atoms with E-state index in [1.165, 1.54) is 38.9 Å². The van der Waals surface area contributed by atoms with Crippen LogP contribution in [-0.4, -0.2) is 28.0 Å². The average molecular weight is 355 g/mol. The lowest BCUT2D eigenvalue weighted by molar-refractivity contribution is -0.466. The standard InChI is InChI=1S/C21H22N2O.ClH/c1-13-4-7-16(8-5-13)20-21-15(3)18-10-14(2)6-9-19(18)23(21)12-17(24)11-22-20;/h4-10,17,24H,11-12H2,1-3H3;1H. The fourth-order valence-corrected chi connectivity index (χ4v) is 3.69. The Bertz CT molecular complexity index is 954. The van der Waals surface area contributed by atoms with E-state index in [0.717, 1.165) is 5.71 Å². The van der Waals surface area contributed by atoms with Crippen molar-refractivity contribution in [3.63, 3.8) is 0 Å². The highest BCUT2D eigenvalue weighted by molar-refractivity contribution is 6.12. The van der Waals surface area contributed by atoms with E-state index in [-0.39, 0.29) is 12.4 Å². The number of rotatable bonds is 1. The highest BCUT2D eigenvalue weighted by Gasteiger charge is 2.28. The van der Waals surface area contributed by atoms with E-state index in [1.54, 1.807) is 0 Å². The normalized spacial score (nSPS) is 16.8. The van der Waals surface area contributed by atoms with Crippen molar-refractivity contribution in [2.75, 3.05) is 6.54 Å². The first kappa shape index (κ1) is 17.7. The third-order valence-electron chi connectivity index (χ3n) is 4.96. The molecule has 2 heterocycles. The number of aryl methyl sites for hydroxylation is 3. The predicted molar refractivity (Wildman–Crippen MR) is 97.6 cm³/mol. The van der Waals surface area contributed by atoms with Crippen LogP contribution in [0.3, 0.4) is 0 Å². The number of β-amino-alcohol motifs (C(OH)–C–C–N with tert-alkyl or cyclic N) is 1. The molecule has 1 atom stereocenters. The number of benzene rings is 2. The number of aliphatic hydroxyl groups excluding tert-OH is 1. The Balaban J connectivity index is 0.00000182. The second kappa shape index (κ2) is 6.66. The molecule has 1 aromatic heterocycles. The van der Waals surface area contributed by atoms with Gasteiger partial charge in [0, 0.05) is 16.5 Å². The second-order valence-corrected chi connectivity index (χ2v) is 6.88. The van der Waals surface area contributed by atoms with Crippen LogP contribution in [0.2, 0.25) is 0 Å². The molecule has 3 nitrogen and oxygen atoms in total. The monoisotopic (exact) mass is 354 g/mol. The van der Waals surface area contributed by atoms with E-state index in [9.17, 15) is 5.11 Å². The van der Waals surface area contributed by atoms with E-state index in [0.29, 0.717) is 13.1 Å². The van der Waals surface area contributed by atoms with Gasteiger partial charge in [0.15, 0.2) is 6.54 Å². The van der Waals surface area contributed by atoms with Crippen molar-refractivity contribution >= 4 is 16.6 Å². The molecule has 0 bridgehead atoms. The zero-order valence-electron chi connectivity index (χ0n) is 14.8. The lowest BCUT2D eigenvalue weighted by Crippen LogP contribution is -3.00. The van der Waals surface area contributed by atoms with Crippen molar-refractivity contribution in [3.8, 4) is 0 Å². The molecule has 0 fully saturated rings. The van der Waals surface area contributed by atoms with Gasteiger partial charge in [0.05, 0.1) is 6.54 Å². The van der Waals surface area contributed by atoms with Gasteiger partial charge in [-0.25, -0.2) is 4.99 Å². The van der Waals surface area contributed by atoms with Crippen LogP contribution in [0.1, 0.15) is 27.9 Å². The molecule has 0 saturated heterocycles. The molecule has 4 heteroatoms. The van der Waals surface area contributed by atoms with Gasteiger partial charge in [-0.05, 0) is 50.6 Å². The number of aliphatic hydroxyl groups is 1. The van der Waals surface area contributed by atoms with E-state index >= 15 is 0 Å². The first-order chi connectivity index (χ1) is 11.5. The Hall–Kier alpha value is -2.10. The van der Waals surface area contributed by atoms with Gasteiger partial charge in [-0.3, -0.25) is 0 Å². The van der Waals surface area contributed by atoms with Crippen LogP contribution in [0.15, 0.2) is 42.5 Å². The molecule has 0 saturated carbocycles. The summed E-state index contributed by atoms with van der Waals surface area (Å²) in [7, 11) is 0. The third-order valence-corrected chi connectivity index (χ3v) is 4.96. The molecule has 130 valence electrons. The number of aromatic nitrogens is 1. The lowest BCUT2D eigenvalue weighted by atomic mass is 10.0. The fourth-order valence-electron chi connectivity index (χ4n) is 3.69. The van der Waals surface area contributed by atoms with Gasteiger partial charge < -0.3 is 22.1 Å². The van der Waals surface area contributed by atoms with Gasteiger partial charge >= 0.3 is 0 Å². The van der Waals surface area contributed by atoms with Crippen LogP contribution < -0.4 is 17.4 Å².